The molecule has 0 heterocycles. The Bertz CT molecular complexity index is 205. The maximum absolute atomic E-state index is 11.2. The van der Waals surface area contributed by atoms with Gasteiger partial charge in [0.2, 0.25) is 11.8 Å². The van der Waals surface area contributed by atoms with E-state index in [9.17, 15) is 9.59 Å². The third-order valence-electron chi connectivity index (χ3n) is 1.72. The molecule has 0 atom stereocenters. The lowest BCUT2D eigenvalue weighted by Gasteiger charge is -2.08. The van der Waals surface area contributed by atoms with Crippen molar-refractivity contribution in [3.05, 3.63) is 0 Å². The summed E-state index contributed by atoms with van der Waals surface area (Å²) in [6, 6.07) is 0. The van der Waals surface area contributed by atoms with Gasteiger partial charge in [0.1, 0.15) is 0 Å². The van der Waals surface area contributed by atoms with E-state index < -0.39 is 0 Å². The van der Waals surface area contributed by atoms with Crippen molar-refractivity contribution in [2.45, 2.75) is 26.7 Å². The normalized spacial score (nSPS) is 10.1. The van der Waals surface area contributed by atoms with Gasteiger partial charge >= 0.3 is 0 Å². The molecule has 5 heteroatoms. The summed E-state index contributed by atoms with van der Waals surface area (Å²) in [7, 11) is 0. The van der Waals surface area contributed by atoms with Gasteiger partial charge in [-0.2, -0.15) is 0 Å². The first-order valence-electron chi connectivity index (χ1n) is 5.20. The number of nitrogens with one attached hydrogen (secondary N) is 2. The van der Waals surface area contributed by atoms with E-state index in [-0.39, 0.29) is 31.4 Å². The van der Waals surface area contributed by atoms with Crippen LogP contribution in [0.15, 0.2) is 0 Å². The molecule has 88 valence electrons. The number of carbonyl (C=O) groups is 2. The number of hydrogen-bond acceptors (Lipinski definition) is 3. The number of aliphatic hydroxyl groups excluding tert-OH is 1. The summed E-state index contributed by atoms with van der Waals surface area (Å²) in [5.41, 5.74) is 0. The molecule has 0 unspecified atom stereocenters. The molecule has 0 spiro atoms. The SMILES string of the molecule is CC(C)CNC(=O)CNC(=O)CCCO. The highest BCUT2D eigenvalue weighted by molar-refractivity contribution is 5.84. The predicted octanol–water partition coefficient (Wildman–Crippen LogP) is -0.353. The van der Waals surface area contributed by atoms with Crippen LogP contribution in [-0.4, -0.2) is 36.6 Å². The van der Waals surface area contributed by atoms with Crippen molar-refractivity contribution in [1.82, 2.24) is 10.6 Å². The minimum atomic E-state index is -0.205. The molecule has 0 bridgehead atoms. The highest BCUT2D eigenvalue weighted by Crippen LogP contribution is 1.87. The van der Waals surface area contributed by atoms with Crippen LogP contribution in [0.1, 0.15) is 26.7 Å². The van der Waals surface area contributed by atoms with Crippen molar-refractivity contribution in [2.24, 2.45) is 5.92 Å². The van der Waals surface area contributed by atoms with Crippen LogP contribution in [0.5, 0.6) is 0 Å². The van der Waals surface area contributed by atoms with Crippen LogP contribution in [0.3, 0.4) is 0 Å². The molecule has 15 heavy (non-hydrogen) atoms. The Morgan fingerprint density at radius 3 is 2.40 bits per heavy atom. The van der Waals surface area contributed by atoms with Gasteiger partial charge in [0.15, 0.2) is 0 Å². The highest BCUT2D eigenvalue weighted by Gasteiger charge is 2.05. The molecule has 0 aliphatic heterocycles. The summed E-state index contributed by atoms with van der Waals surface area (Å²) in [5.74, 6) is 0.0174. The Kier molecular flexibility index (Phi) is 7.62. The van der Waals surface area contributed by atoms with Crippen LogP contribution < -0.4 is 10.6 Å². The molecular weight excluding hydrogens is 196 g/mol. The molecule has 0 aliphatic rings. The van der Waals surface area contributed by atoms with Gasteiger partial charge in [-0.25, -0.2) is 0 Å². The van der Waals surface area contributed by atoms with E-state index in [2.05, 4.69) is 10.6 Å². The Balaban J connectivity index is 3.49. The van der Waals surface area contributed by atoms with E-state index in [4.69, 9.17) is 5.11 Å². The van der Waals surface area contributed by atoms with E-state index >= 15 is 0 Å². The Labute approximate surface area is 90.2 Å². The third-order valence-corrected chi connectivity index (χ3v) is 1.72. The molecule has 0 aliphatic carbocycles. The smallest absolute Gasteiger partial charge is 0.239 e. The number of amides is 2. The lowest BCUT2D eigenvalue weighted by Crippen LogP contribution is -2.38. The fourth-order valence-electron chi connectivity index (χ4n) is 0.887. The van der Waals surface area contributed by atoms with Crippen molar-refractivity contribution in [3.63, 3.8) is 0 Å². The average molecular weight is 216 g/mol. The first-order valence-corrected chi connectivity index (χ1v) is 5.20. The first-order chi connectivity index (χ1) is 7.06. The molecular formula is C10H20N2O3. The van der Waals surface area contributed by atoms with Gasteiger partial charge in [-0.1, -0.05) is 13.8 Å². The zero-order valence-electron chi connectivity index (χ0n) is 9.38. The molecule has 0 fully saturated rings. The summed E-state index contributed by atoms with van der Waals surface area (Å²) >= 11 is 0. The van der Waals surface area contributed by atoms with Crippen molar-refractivity contribution >= 4 is 11.8 Å². The Hall–Kier alpha value is -1.10. The van der Waals surface area contributed by atoms with Crippen molar-refractivity contribution < 1.29 is 14.7 Å². The van der Waals surface area contributed by atoms with E-state index in [0.29, 0.717) is 18.9 Å². The standard InChI is InChI=1S/C10H20N2O3/c1-8(2)6-11-10(15)7-12-9(14)4-3-5-13/h8,13H,3-7H2,1-2H3,(H,11,15)(H,12,14). The second-order valence-electron chi connectivity index (χ2n) is 3.80. The van der Waals surface area contributed by atoms with Crippen LogP contribution in [0.4, 0.5) is 0 Å². The molecule has 0 saturated heterocycles. The summed E-state index contributed by atoms with van der Waals surface area (Å²) in [6.07, 6.45) is 0.688. The quantitative estimate of drug-likeness (QED) is 0.544. The highest BCUT2D eigenvalue weighted by atomic mass is 16.3. The molecule has 5 nitrogen and oxygen atoms in total. The predicted molar refractivity (Wildman–Crippen MR) is 57.2 cm³/mol. The monoisotopic (exact) mass is 216 g/mol. The van der Waals surface area contributed by atoms with E-state index in [1.165, 1.54) is 0 Å². The number of aliphatic hydroxyl groups is 1. The van der Waals surface area contributed by atoms with Crippen LogP contribution in [0.2, 0.25) is 0 Å². The van der Waals surface area contributed by atoms with Crippen LogP contribution in [0, 0.1) is 5.92 Å². The van der Waals surface area contributed by atoms with E-state index in [0.717, 1.165) is 0 Å². The van der Waals surface area contributed by atoms with Gasteiger partial charge in [0.25, 0.3) is 0 Å². The molecule has 0 aromatic rings. The van der Waals surface area contributed by atoms with Crippen molar-refractivity contribution in [1.29, 1.82) is 0 Å². The zero-order valence-corrected chi connectivity index (χ0v) is 9.38. The largest absolute Gasteiger partial charge is 0.396 e. The molecule has 0 saturated carbocycles. The number of carbonyl (C=O) groups excluding carboxylic acids is 2. The van der Waals surface area contributed by atoms with Crippen LogP contribution in [0.25, 0.3) is 0 Å². The third kappa shape index (κ3) is 9.21. The maximum atomic E-state index is 11.2. The fourth-order valence-corrected chi connectivity index (χ4v) is 0.887. The van der Waals surface area contributed by atoms with Gasteiger partial charge in [-0.05, 0) is 12.3 Å². The Morgan fingerprint density at radius 2 is 1.87 bits per heavy atom. The fraction of sp³-hybridized carbons (Fsp3) is 0.800. The van der Waals surface area contributed by atoms with Crippen molar-refractivity contribution in [2.75, 3.05) is 19.7 Å². The molecule has 0 rings (SSSR count). The summed E-state index contributed by atoms with van der Waals surface area (Å²) in [6.45, 7) is 4.62. The second kappa shape index (κ2) is 8.23. The maximum Gasteiger partial charge on any atom is 0.239 e. The topological polar surface area (TPSA) is 78.4 Å². The van der Waals surface area contributed by atoms with Gasteiger partial charge in [-0.15, -0.1) is 0 Å². The second-order valence-corrected chi connectivity index (χ2v) is 3.80. The van der Waals surface area contributed by atoms with E-state index in [1.807, 2.05) is 13.8 Å². The lowest BCUT2D eigenvalue weighted by molar-refractivity contribution is -0.126. The average Bonchev–Trinajstić information content (AvgIpc) is 2.20. The summed E-state index contributed by atoms with van der Waals surface area (Å²) in [4.78, 5) is 22.2. The molecule has 3 N–H and O–H groups in total. The first kappa shape index (κ1) is 13.9. The molecule has 0 aromatic carbocycles. The minimum absolute atomic E-state index is 0.00698. The lowest BCUT2D eigenvalue weighted by atomic mass is 10.2. The minimum Gasteiger partial charge on any atom is -0.396 e. The summed E-state index contributed by atoms with van der Waals surface area (Å²) < 4.78 is 0. The molecule has 0 radical (unpaired) electrons. The zero-order chi connectivity index (χ0) is 11.7. The van der Waals surface area contributed by atoms with Gasteiger partial charge in [0.05, 0.1) is 6.54 Å². The summed E-state index contributed by atoms with van der Waals surface area (Å²) in [5, 5.41) is 13.6. The Morgan fingerprint density at radius 1 is 1.20 bits per heavy atom. The van der Waals surface area contributed by atoms with Crippen LogP contribution in [-0.2, 0) is 9.59 Å². The van der Waals surface area contributed by atoms with Crippen molar-refractivity contribution in [3.8, 4) is 0 Å². The number of hydrogen-bond donors (Lipinski definition) is 3. The molecule has 0 aromatic heterocycles. The van der Waals surface area contributed by atoms with Gasteiger partial charge in [-0.3, -0.25) is 9.59 Å². The van der Waals surface area contributed by atoms with Gasteiger partial charge < -0.3 is 15.7 Å². The number of rotatable bonds is 7. The van der Waals surface area contributed by atoms with Crippen LogP contribution >= 0.6 is 0 Å². The van der Waals surface area contributed by atoms with Gasteiger partial charge in [0, 0.05) is 19.6 Å². The molecule has 2 amide bonds. The van der Waals surface area contributed by atoms with E-state index in [1.54, 1.807) is 0 Å².